The Bertz CT molecular complexity index is 1010. The monoisotopic (exact) mass is 520 g/mol. The molecule has 0 spiro atoms. The largest absolute Gasteiger partial charge is 0.393 e. The lowest BCUT2D eigenvalue weighted by Gasteiger charge is -2.65. The number of fused-ring (bicyclic) bond motifs is 5. The van der Waals surface area contributed by atoms with Crippen molar-refractivity contribution in [3.8, 4) is 0 Å². The van der Waals surface area contributed by atoms with Gasteiger partial charge in [0.15, 0.2) is 11.6 Å². The maximum Gasteiger partial charge on any atom is 0.164 e. The summed E-state index contributed by atoms with van der Waals surface area (Å²) in [7, 11) is 0. The van der Waals surface area contributed by atoms with E-state index in [-0.39, 0.29) is 24.5 Å². The fourth-order valence-corrected chi connectivity index (χ4v) is 9.46. The van der Waals surface area contributed by atoms with Crippen molar-refractivity contribution >= 4 is 11.6 Å². The molecule has 4 rings (SSSR count). The van der Waals surface area contributed by atoms with Crippen molar-refractivity contribution < 1.29 is 35.1 Å². The average molecular weight is 521 g/mol. The van der Waals surface area contributed by atoms with Crippen molar-refractivity contribution in [1.82, 2.24) is 0 Å². The third-order valence-corrected chi connectivity index (χ3v) is 11.7. The summed E-state index contributed by atoms with van der Waals surface area (Å²) in [4.78, 5) is 27.3. The lowest BCUT2D eigenvalue weighted by atomic mass is 9.38. The van der Waals surface area contributed by atoms with Crippen LogP contribution in [0.15, 0.2) is 11.6 Å². The average Bonchev–Trinajstić information content (AvgIpc) is 2.96. The Morgan fingerprint density at radius 3 is 2.14 bits per heavy atom. The van der Waals surface area contributed by atoms with Crippen LogP contribution in [0, 0.1) is 39.4 Å². The summed E-state index contributed by atoms with van der Waals surface area (Å²) in [5.41, 5.74) is -4.55. The van der Waals surface area contributed by atoms with Crippen molar-refractivity contribution in [2.45, 2.75) is 123 Å². The number of aliphatic hydroxyl groups excluding tert-OH is 3. The highest BCUT2D eigenvalue weighted by Crippen LogP contribution is 2.74. The first-order valence-electron chi connectivity index (χ1n) is 13.9. The van der Waals surface area contributed by atoms with Crippen LogP contribution in [0.25, 0.3) is 0 Å². The van der Waals surface area contributed by atoms with E-state index in [0.717, 1.165) is 5.57 Å². The molecule has 1 unspecified atom stereocenters. The first-order chi connectivity index (χ1) is 16.6. The molecule has 5 N–H and O–H groups in total. The zero-order valence-electron chi connectivity index (χ0n) is 23.8. The molecule has 0 saturated heterocycles. The van der Waals surface area contributed by atoms with E-state index in [1.165, 1.54) is 6.92 Å². The lowest BCUT2D eigenvalue weighted by Crippen LogP contribution is -2.64. The second kappa shape index (κ2) is 8.44. The molecule has 7 heteroatoms. The van der Waals surface area contributed by atoms with E-state index < -0.39 is 68.8 Å². The molecule has 210 valence electrons. The minimum absolute atomic E-state index is 0.00391. The minimum Gasteiger partial charge on any atom is -0.393 e. The van der Waals surface area contributed by atoms with Gasteiger partial charge in [-0.15, -0.1) is 0 Å². The Morgan fingerprint density at radius 1 is 0.973 bits per heavy atom. The molecule has 0 aromatic carbocycles. The molecule has 0 amide bonds. The molecule has 3 saturated carbocycles. The summed E-state index contributed by atoms with van der Waals surface area (Å²) < 4.78 is 0. The maximum atomic E-state index is 14.0. The molecule has 0 radical (unpaired) electrons. The van der Waals surface area contributed by atoms with Crippen LogP contribution in [-0.4, -0.2) is 66.6 Å². The number of carbonyl (C=O) groups excluding carboxylic acids is 2. The van der Waals surface area contributed by atoms with Gasteiger partial charge in [-0.05, 0) is 81.1 Å². The zero-order chi connectivity index (χ0) is 28.1. The summed E-state index contributed by atoms with van der Waals surface area (Å²) in [5, 5.41) is 54.8. The Kier molecular flexibility index (Phi) is 6.59. The molecule has 0 aromatic heterocycles. The van der Waals surface area contributed by atoms with Gasteiger partial charge in [0.1, 0.15) is 5.60 Å². The van der Waals surface area contributed by atoms with Gasteiger partial charge in [-0.1, -0.05) is 40.2 Å². The highest BCUT2D eigenvalue weighted by molar-refractivity contribution is 5.95. The number of hydrogen-bond donors (Lipinski definition) is 5. The van der Waals surface area contributed by atoms with Crippen LogP contribution >= 0.6 is 0 Å². The minimum atomic E-state index is -1.81. The van der Waals surface area contributed by atoms with Crippen LogP contribution in [-0.2, 0) is 9.59 Å². The van der Waals surface area contributed by atoms with E-state index >= 15 is 0 Å². The fraction of sp³-hybridized carbons (Fsp3) is 0.867. The summed E-state index contributed by atoms with van der Waals surface area (Å²) >= 11 is 0. The number of aliphatic hydroxyl groups is 5. The third kappa shape index (κ3) is 3.94. The van der Waals surface area contributed by atoms with Crippen molar-refractivity contribution in [1.29, 1.82) is 0 Å². The van der Waals surface area contributed by atoms with Gasteiger partial charge in [-0.25, -0.2) is 0 Å². The number of carbonyl (C=O) groups is 2. The molecule has 0 heterocycles. The van der Waals surface area contributed by atoms with E-state index in [0.29, 0.717) is 25.7 Å². The normalized spacial score (nSPS) is 46.8. The number of rotatable bonds is 5. The van der Waals surface area contributed by atoms with Gasteiger partial charge in [0.25, 0.3) is 0 Å². The maximum absolute atomic E-state index is 14.0. The summed E-state index contributed by atoms with van der Waals surface area (Å²) in [6.45, 7) is 14.7. The third-order valence-electron chi connectivity index (χ3n) is 11.7. The van der Waals surface area contributed by atoms with Gasteiger partial charge < -0.3 is 25.5 Å². The molecule has 4 aliphatic rings. The van der Waals surface area contributed by atoms with Gasteiger partial charge in [0.05, 0.1) is 23.9 Å². The van der Waals surface area contributed by atoms with Crippen molar-refractivity contribution in [2.75, 3.05) is 0 Å². The van der Waals surface area contributed by atoms with Crippen LogP contribution in [0.1, 0.15) is 93.9 Å². The Hall–Kier alpha value is -1.12. The molecule has 37 heavy (non-hydrogen) atoms. The van der Waals surface area contributed by atoms with Crippen molar-refractivity contribution in [3.63, 3.8) is 0 Å². The quantitative estimate of drug-likeness (QED) is 0.376. The van der Waals surface area contributed by atoms with Crippen molar-refractivity contribution in [2.24, 2.45) is 39.4 Å². The van der Waals surface area contributed by atoms with Crippen LogP contribution in [0.2, 0.25) is 0 Å². The first-order valence-corrected chi connectivity index (χ1v) is 13.9. The molecular weight excluding hydrogens is 472 g/mol. The predicted octanol–water partition coefficient (Wildman–Crippen LogP) is 2.94. The Labute approximate surface area is 221 Å². The van der Waals surface area contributed by atoms with E-state index in [1.54, 1.807) is 19.9 Å². The number of Topliss-reactive ketones (excluding diaryl/α,β-unsaturated/α-hetero) is 1. The standard InChI is InChI=1S/C30H48O7/c1-25(2,36)10-9-21(34)30(8,37)23-20(33)15-29(7)22-18(31)13-16-17(14-19(32)24(35)26(16,3)4)27(22,5)11-12-28(23,29)6/h13,17,19-20,22-24,32-33,35-37H,9-12,14-15H2,1-8H3/t17-,19-,20+,22+,23-,24-,27?,28+,29-,30-/m0/s1. The highest BCUT2D eigenvalue weighted by Gasteiger charge is 2.74. The lowest BCUT2D eigenvalue weighted by molar-refractivity contribution is -0.185. The smallest absolute Gasteiger partial charge is 0.164 e. The van der Waals surface area contributed by atoms with E-state index in [2.05, 4.69) is 6.92 Å². The van der Waals surface area contributed by atoms with Gasteiger partial charge in [-0.2, -0.15) is 0 Å². The van der Waals surface area contributed by atoms with Crippen LogP contribution in [0.4, 0.5) is 0 Å². The number of hydrogen-bond acceptors (Lipinski definition) is 7. The fourth-order valence-electron chi connectivity index (χ4n) is 9.46. The summed E-state index contributed by atoms with van der Waals surface area (Å²) in [6.07, 6.45) is 1.02. The molecule has 0 aliphatic heterocycles. The number of allylic oxidation sites excluding steroid dienone is 1. The SMILES string of the molecule is CC(C)(O)CCC(=O)[C@](C)(O)[C@H]1[C@H](O)C[C@@]2(C)[C@@H]3C(=O)C=C4[C@H](C[C@H](O)[C@H](O)C4(C)C)C3(C)CC[C@]12C. The predicted molar refractivity (Wildman–Crippen MR) is 139 cm³/mol. The second-order valence-corrected chi connectivity index (χ2v) is 14.9. The topological polar surface area (TPSA) is 135 Å². The van der Waals surface area contributed by atoms with E-state index in [4.69, 9.17) is 0 Å². The summed E-state index contributed by atoms with van der Waals surface area (Å²) in [6, 6.07) is 0. The Morgan fingerprint density at radius 2 is 1.57 bits per heavy atom. The second-order valence-electron chi connectivity index (χ2n) is 14.9. The van der Waals surface area contributed by atoms with Gasteiger partial charge in [0.2, 0.25) is 0 Å². The van der Waals surface area contributed by atoms with Crippen LogP contribution in [0.3, 0.4) is 0 Å². The van der Waals surface area contributed by atoms with E-state index in [1.807, 2.05) is 27.7 Å². The zero-order valence-corrected chi connectivity index (χ0v) is 23.8. The van der Waals surface area contributed by atoms with Gasteiger partial charge in [-0.3, -0.25) is 9.59 Å². The van der Waals surface area contributed by atoms with Gasteiger partial charge in [0, 0.05) is 23.7 Å². The summed E-state index contributed by atoms with van der Waals surface area (Å²) in [5.74, 6) is -1.72. The van der Waals surface area contributed by atoms with Gasteiger partial charge >= 0.3 is 0 Å². The molecule has 3 fully saturated rings. The highest BCUT2D eigenvalue weighted by atomic mass is 16.3. The molecule has 0 aromatic rings. The molecular formula is C30H48O7. The molecule has 0 bridgehead atoms. The molecule has 4 aliphatic carbocycles. The molecule has 7 nitrogen and oxygen atoms in total. The first kappa shape index (κ1) is 28.9. The molecule has 10 atom stereocenters. The van der Waals surface area contributed by atoms with Crippen LogP contribution in [0.5, 0.6) is 0 Å². The number of ketones is 2. The van der Waals surface area contributed by atoms with Crippen LogP contribution < -0.4 is 0 Å². The van der Waals surface area contributed by atoms with Crippen molar-refractivity contribution in [3.05, 3.63) is 11.6 Å². The van der Waals surface area contributed by atoms with E-state index in [9.17, 15) is 35.1 Å². The Balaban J connectivity index is 1.76.